The molecule has 3 aromatic heterocycles. The van der Waals surface area contributed by atoms with Gasteiger partial charge in [0.1, 0.15) is 17.4 Å². The lowest BCUT2D eigenvalue weighted by molar-refractivity contribution is -0.0246. The molecule has 1 saturated heterocycles. The van der Waals surface area contributed by atoms with Gasteiger partial charge in [0.15, 0.2) is 5.65 Å². The van der Waals surface area contributed by atoms with E-state index in [1.807, 2.05) is 41.6 Å². The zero-order valence-electron chi connectivity index (χ0n) is 14.2. The average Bonchev–Trinajstić information content (AvgIpc) is 2.96. The summed E-state index contributed by atoms with van der Waals surface area (Å²) in [6.07, 6.45) is 3.19. The number of fused-ring (bicyclic) bond motifs is 1. The Morgan fingerprint density at radius 3 is 2.92 bits per heavy atom. The summed E-state index contributed by atoms with van der Waals surface area (Å²) in [4.78, 5) is 28.1. The second kappa shape index (κ2) is 6.25. The van der Waals surface area contributed by atoms with Gasteiger partial charge in [0.05, 0.1) is 24.4 Å². The van der Waals surface area contributed by atoms with Crippen LogP contribution in [0.2, 0.25) is 0 Å². The monoisotopic (exact) mass is 337 g/mol. The van der Waals surface area contributed by atoms with E-state index in [0.717, 1.165) is 17.2 Å². The molecule has 0 aliphatic carbocycles. The molecular weight excluding hydrogens is 318 g/mol. The number of morpholine rings is 1. The minimum Gasteiger partial charge on any atom is -0.368 e. The average molecular weight is 337 g/mol. The van der Waals surface area contributed by atoms with Gasteiger partial charge in [-0.15, -0.1) is 0 Å². The van der Waals surface area contributed by atoms with Crippen molar-refractivity contribution in [1.82, 2.24) is 24.4 Å². The standard InChI is InChI=1S/C18H19N5O2/c1-12-21-16-13(6-8-20-17(16)22(12)2)18(24)23-9-10-25-15(11-23)14-5-3-4-7-19-14/h3-8,15H,9-11H2,1-2H3. The molecule has 1 atom stereocenters. The summed E-state index contributed by atoms with van der Waals surface area (Å²) in [7, 11) is 1.90. The van der Waals surface area contributed by atoms with Crippen LogP contribution in [0.3, 0.4) is 0 Å². The Kier molecular flexibility index (Phi) is 3.93. The molecule has 1 aliphatic heterocycles. The molecule has 4 heterocycles. The van der Waals surface area contributed by atoms with Crippen molar-refractivity contribution < 1.29 is 9.53 Å². The van der Waals surface area contributed by atoms with Crippen molar-refractivity contribution in [3.63, 3.8) is 0 Å². The van der Waals surface area contributed by atoms with E-state index in [4.69, 9.17) is 4.74 Å². The number of ether oxygens (including phenoxy) is 1. The summed E-state index contributed by atoms with van der Waals surface area (Å²) in [6, 6.07) is 7.45. The van der Waals surface area contributed by atoms with Gasteiger partial charge in [0, 0.05) is 26.0 Å². The van der Waals surface area contributed by atoms with E-state index in [-0.39, 0.29) is 12.0 Å². The lowest BCUT2D eigenvalue weighted by atomic mass is 10.1. The predicted molar refractivity (Wildman–Crippen MR) is 92.1 cm³/mol. The molecule has 1 unspecified atom stereocenters. The minimum absolute atomic E-state index is 0.0465. The van der Waals surface area contributed by atoms with Crippen LogP contribution < -0.4 is 0 Å². The number of carbonyl (C=O) groups excluding carboxylic acids is 1. The smallest absolute Gasteiger partial charge is 0.256 e. The van der Waals surface area contributed by atoms with E-state index >= 15 is 0 Å². The number of imidazole rings is 1. The number of pyridine rings is 2. The third-order valence-corrected chi connectivity index (χ3v) is 4.58. The highest BCUT2D eigenvalue weighted by Gasteiger charge is 2.28. The highest BCUT2D eigenvalue weighted by atomic mass is 16.5. The first kappa shape index (κ1) is 15.7. The number of aromatic nitrogens is 4. The molecule has 25 heavy (non-hydrogen) atoms. The third kappa shape index (κ3) is 2.76. The SMILES string of the molecule is Cc1nc2c(C(=O)N3CCOC(c4ccccn4)C3)ccnc2n1C. The number of hydrogen-bond donors (Lipinski definition) is 0. The van der Waals surface area contributed by atoms with Crippen LogP contribution in [0.4, 0.5) is 0 Å². The Labute approximate surface area is 145 Å². The molecule has 3 aromatic rings. The summed E-state index contributed by atoms with van der Waals surface area (Å²) in [5.74, 6) is 0.783. The van der Waals surface area contributed by atoms with Crippen LogP contribution in [-0.2, 0) is 11.8 Å². The zero-order valence-corrected chi connectivity index (χ0v) is 14.2. The van der Waals surface area contributed by atoms with Gasteiger partial charge in [-0.1, -0.05) is 6.07 Å². The first-order chi connectivity index (χ1) is 12.1. The number of amides is 1. The third-order valence-electron chi connectivity index (χ3n) is 4.58. The number of hydrogen-bond acceptors (Lipinski definition) is 5. The van der Waals surface area contributed by atoms with Gasteiger partial charge in [-0.3, -0.25) is 9.78 Å². The summed E-state index contributed by atoms with van der Waals surface area (Å²) < 4.78 is 7.69. The quantitative estimate of drug-likeness (QED) is 0.714. The summed E-state index contributed by atoms with van der Waals surface area (Å²) in [5, 5.41) is 0. The van der Waals surface area contributed by atoms with E-state index in [1.54, 1.807) is 18.5 Å². The fourth-order valence-corrected chi connectivity index (χ4v) is 3.11. The van der Waals surface area contributed by atoms with Crippen molar-refractivity contribution in [2.24, 2.45) is 7.05 Å². The Balaban J connectivity index is 1.64. The fraction of sp³-hybridized carbons (Fsp3) is 0.333. The summed E-state index contributed by atoms with van der Waals surface area (Å²) in [5.41, 5.74) is 2.79. The Hall–Kier alpha value is -2.80. The van der Waals surface area contributed by atoms with E-state index in [2.05, 4.69) is 15.0 Å². The highest BCUT2D eigenvalue weighted by molar-refractivity contribution is 6.04. The molecule has 0 spiro atoms. The van der Waals surface area contributed by atoms with Gasteiger partial charge >= 0.3 is 0 Å². The molecule has 1 amide bonds. The van der Waals surface area contributed by atoms with Crippen LogP contribution in [0.25, 0.3) is 11.2 Å². The lowest BCUT2D eigenvalue weighted by Crippen LogP contribution is -2.42. The largest absolute Gasteiger partial charge is 0.368 e. The zero-order chi connectivity index (χ0) is 17.4. The van der Waals surface area contributed by atoms with Crippen molar-refractivity contribution in [1.29, 1.82) is 0 Å². The van der Waals surface area contributed by atoms with Crippen molar-refractivity contribution in [3.05, 3.63) is 53.7 Å². The van der Waals surface area contributed by atoms with E-state index in [0.29, 0.717) is 30.8 Å². The fourth-order valence-electron chi connectivity index (χ4n) is 3.11. The van der Waals surface area contributed by atoms with E-state index in [1.165, 1.54) is 0 Å². The maximum atomic E-state index is 13.1. The first-order valence-corrected chi connectivity index (χ1v) is 8.25. The van der Waals surface area contributed by atoms with E-state index in [9.17, 15) is 4.79 Å². The van der Waals surface area contributed by atoms with Crippen LogP contribution in [0.1, 0.15) is 28.0 Å². The first-order valence-electron chi connectivity index (χ1n) is 8.25. The second-order valence-electron chi connectivity index (χ2n) is 6.11. The molecule has 128 valence electrons. The van der Waals surface area contributed by atoms with Crippen LogP contribution in [0.15, 0.2) is 36.7 Å². The molecule has 7 nitrogen and oxygen atoms in total. The van der Waals surface area contributed by atoms with Crippen LogP contribution in [-0.4, -0.2) is 50.0 Å². The Bertz CT molecular complexity index is 922. The summed E-state index contributed by atoms with van der Waals surface area (Å²) >= 11 is 0. The van der Waals surface area contributed by atoms with Gasteiger partial charge in [0.2, 0.25) is 0 Å². The van der Waals surface area contributed by atoms with Crippen molar-refractivity contribution in [2.75, 3.05) is 19.7 Å². The lowest BCUT2D eigenvalue weighted by Gasteiger charge is -2.32. The number of rotatable bonds is 2. The van der Waals surface area contributed by atoms with Crippen molar-refractivity contribution in [2.45, 2.75) is 13.0 Å². The van der Waals surface area contributed by atoms with Gasteiger partial charge in [-0.25, -0.2) is 9.97 Å². The number of nitrogens with zero attached hydrogens (tertiary/aromatic N) is 5. The number of carbonyl (C=O) groups is 1. The molecule has 0 bridgehead atoms. The maximum absolute atomic E-state index is 13.1. The van der Waals surface area contributed by atoms with Crippen LogP contribution in [0.5, 0.6) is 0 Å². The summed E-state index contributed by atoms with van der Waals surface area (Å²) in [6.45, 7) is 3.42. The normalized spacial score (nSPS) is 17.8. The predicted octanol–water partition coefficient (Wildman–Crippen LogP) is 1.89. The van der Waals surface area contributed by atoms with Crippen LogP contribution >= 0.6 is 0 Å². The minimum atomic E-state index is -0.207. The molecule has 0 saturated carbocycles. The molecule has 0 N–H and O–H groups in total. The topological polar surface area (TPSA) is 73.1 Å². The molecule has 1 aliphatic rings. The number of aryl methyl sites for hydroxylation is 2. The maximum Gasteiger partial charge on any atom is 0.256 e. The Morgan fingerprint density at radius 2 is 2.12 bits per heavy atom. The molecule has 4 rings (SSSR count). The van der Waals surface area contributed by atoms with Gasteiger partial charge < -0.3 is 14.2 Å². The van der Waals surface area contributed by atoms with E-state index < -0.39 is 0 Å². The second-order valence-corrected chi connectivity index (χ2v) is 6.11. The van der Waals surface area contributed by atoms with Crippen molar-refractivity contribution in [3.8, 4) is 0 Å². The van der Waals surface area contributed by atoms with Gasteiger partial charge in [-0.05, 0) is 25.1 Å². The van der Waals surface area contributed by atoms with Crippen molar-refractivity contribution >= 4 is 17.1 Å². The highest BCUT2D eigenvalue weighted by Crippen LogP contribution is 2.24. The molecule has 1 fully saturated rings. The molecule has 0 aromatic carbocycles. The molecule has 0 radical (unpaired) electrons. The van der Waals surface area contributed by atoms with Gasteiger partial charge in [-0.2, -0.15) is 0 Å². The molecule has 7 heteroatoms. The molecular formula is C18H19N5O2. The van der Waals surface area contributed by atoms with Crippen LogP contribution in [0, 0.1) is 6.92 Å². The Morgan fingerprint density at radius 1 is 1.24 bits per heavy atom. The van der Waals surface area contributed by atoms with Gasteiger partial charge in [0.25, 0.3) is 5.91 Å².